The summed E-state index contributed by atoms with van der Waals surface area (Å²) < 4.78 is 21.1. The molecule has 0 fully saturated rings. The van der Waals surface area contributed by atoms with Crippen molar-refractivity contribution in [2.75, 3.05) is 13.0 Å². The third-order valence-electron chi connectivity index (χ3n) is 1.99. The van der Waals surface area contributed by atoms with Crippen LogP contribution in [0.15, 0.2) is 24.3 Å². The average Bonchev–Trinajstić information content (AvgIpc) is 2.27. The molecule has 17 heavy (non-hydrogen) atoms. The number of rotatable bonds is 6. The van der Waals surface area contributed by atoms with Crippen LogP contribution in [0.2, 0.25) is 0 Å². The molecule has 1 unspecified atom stereocenters. The van der Waals surface area contributed by atoms with Crippen LogP contribution in [-0.4, -0.2) is 23.6 Å². The van der Waals surface area contributed by atoms with Crippen molar-refractivity contribution in [1.29, 1.82) is 0 Å². The highest BCUT2D eigenvalue weighted by Crippen LogP contribution is 2.41. The second-order valence-electron chi connectivity index (χ2n) is 3.41. The highest BCUT2D eigenvalue weighted by molar-refractivity contribution is 7.52. The smallest absolute Gasteiger partial charge is 0.365 e. The predicted octanol–water partition coefficient (Wildman–Crippen LogP) is 2.45. The van der Waals surface area contributed by atoms with Gasteiger partial charge in [0.05, 0.1) is 6.61 Å². The molecular formula is C11H15O5P. The Bertz CT molecular complexity index is 426. The number of hydrogen-bond acceptors (Lipinski definition) is 4. The van der Waals surface area contributed by atoms with Crippen molar-refractivity contribution in [1.82, 2.24) is 0 Å². The Hall–Kier alpha value is -1.16. The quantitative estimate of drug-likeness (QED) is 0.626. The maximum atomic E-state index is 11.3. The summed E-state index contributed by atoms with van der Waals surface area (Å²) in [4.78, 5) is 20.3. The van der Waals surface area contributed by atoms with Gasteiger partial charge >= 0.3 is 7.60 Å². The number of hydrogen-bond donors (Lipinski definition) is 1. The summed E-state index contributed by atoms with van der Waals surface area (Å²) in [7, 11) is -3.68. The first kappa shape index (κ1) is 13.9. The van der Waals surface area contributed by atoms with E-state index in [1.807, 2.05) is 0 Å². The van der Waals surface area contributed by atoms with E-state index in [1.165, 1.54) is 6.92 Å². The zero-order valence-electron chi connectivity index (χ0n) is 9.75. The van der Waals surface area contributed by atoms with E-state index in [-0.39, 0.29) is 12.4 Å². The van der Waals surface area contributed by atoms with Crippen LogP contribution in [0.1, 0.15) is 24.2 Å². The van der Waals surface area contributed by atoms with Gasteiger partial charge in [0.25, 0.3) is 0 Å². The molecule has 1 N–H and O–H groups in total. The van der Waals surface area contributed by atoms with Gasteiger partial charge in [-0.3, -0.25) is 9.36 Å². The molecule has 5 nitrogen and oxygen atoms in total. The third-order valence-corrected chi connectivity index (χ3v) is 3.10. The Labute approximate surface area is 99.9 Å². The van der Waals surface area contributed by atoms with E-state index in [9.17, 15) is 14.3 Å². The van der Waals surface area contributed by atoms with Crippen molar-refractivity contribution in [2.24, 2.45) is 0 Å². The van der Waals surface area contributed by atoms with Crippen LogP contribution >= 0.6 is 7.60 Å². The number of carbonyl (C=O) groups excluding carboxylic acids is 1. The summed E-state index contributed by atoms with van der Waals surface area (Å²) >= 11 is 0. The Balaban J connectivity index is 2.58. The molecule has 0 aliphatic carbocycles. The summed E-state index contributed by atoms with van der Waals surface area (Å²) in [5.41, 5.74) is 0.564. The lowest BCUT2D eigenvalue weighted by Gasteiger charge is -2.12. The van der Waals surface area contributed by atoms with Crippen LogP contribution in [0.3, 0.4) is 0 Å². The molecule has 94 valence electrons. The first-order valence-electron chi connectivity index (χ1n) is 5.15. The van der Waals surface area contributed by atoms with Crippen LogP contribution in [0, 0.1) is 0 Å². The maximum absolute atomic E-state index is 11.3. The first-order chi connectivity index (χ1) is 7.94. The van der Waals surface area contributed by atoms with Crippen LogP contribution in [0.4, 0.5) is 0 Å². The number of ether oxygens (including phenoxy) is 1. The van der Waals surface area contributed by atoms with Gasteiger partial charge in [-0.2, -0.15) is 0 Å². The summed E-state index contributed by atoms with van der Waals surface area (Å²) in [6, 6.07) is 6.34. The molecule has 0 spiro atoms. The molecule has 1 aromatic rings. The van der Waals surface area contributed by atoms with Gasteiger partial charge in [-0.1, -0.05) is 0 Å². The molecule has 1 atom stereocenters. The molecule has 1 rings (SSSR count). The monoisotopic (exact) mass is 258 g/mol. The Morgan fingerprint density at radius 2 is 1.94 bits per heavy atom. The van der Waals surface area contributed by atoms with Crippen LogP contribution in [-0.2, 0) is 9.09 Å². The largest absolute Gasteiger partial charge is 0.481 e. The van der Waals surface area contributed by atoms with Crippen LogP contribution < -0.4 is 4.74 Å². The molecule has 6 heteroatoms. The fraction of sp³-hybridized carbons (Fsp3) is 0.364. The van der Waals surface area contributed by atoms with Gasteiger partial charge in [-0.25, -0.2) is 0 Å². The van der Waals surface area contributed by atoms with Gasteiger partial charge in [0, 0.05) is 5.56 Å². The fourth-order valence-electron chi connectivity index (χ4n) is 1.18. The van der Waals surface area contributed by atoms with Gasteiger partial charge < -0.3 is 14.2 Å². The lowest BCUT2D eigenvalue weighted by Crippen LogP contribution is -2.02. The van der Waals surface area contributed by atoms with E-state index in [0.717, 1.165) is 0 Å². The van der Waals surface area contributed by atoms with Crippen molar-refractivity contribution in [3.63, 3.8) is 0 Å². The summed E-state index contributed by atoms with van der Waals surface area (Å²) in [5.74, 6) is 0.377. The normalized spacial score (nSPS) is 14.1. The van der Waals surface area contributed by atoms with Crippen molar-refractivity contribution in [2.45, 2.75) is 13.8 Å². The molecule has 0 heterocycles. The highest BCUT2D eigenvalue weighted by atomic mass is 31.2. The van der Waals surface area contributed by atoms with Crippen molar-refractivity contribution < 1.29 is 23.5 Å². The standard InChI is InChI=1S/C11H15O5P/c1-3-16-17(13,14)8-15-11-6-4-10(5-7-11)9(2)12/h4-7H,3,8H2,1-2H3,(H,13,14). The molecular weight excluding hydrogens is 243 g/mol. The SMILES string of the molecule is CCOP(=O)(O)COc1ccc(C(C)=O)cc1. The number of Topliss-reactive ketones (excluding diaryl/α,β-unsaturated/α-hetero) is 1. The van der Waals surface area contributed by atoms with E-state index >= 15 is 0 Å². The average molecular weight is 258 g/mol. The molecule has 0 amide bonds. The molecule has 1 aromatic carbocycles. The second-order valence-corrected chi connectivity index (χ2v) is 5.20. The third kappa shape index (κ3) is 4.69. The molecule has 0 aliphatic rings. The minimum Gasteiger partial charge on any atom is -0.481 e. The lowest BCUT2D eigenvalue weighted by molar-refractivity contribution is 0.101. The van der Waals surface area contributed by atoms with E-state index in [2.05, 4.69) is 4.52 Å². The maximum Gasteiger partial charge on any atom is 0.365 e. The first-order valence-corrected chi connectivity index (χ1v) is 6.91. The molecule has 0 saturated heterocycles. The Kier molecular flexibility index (Phi) is 4.87. The number of carbonyl (C=O) groups is 1. The fourth-order valence-corrected chi connectivity index (χ4v) is 1.97. The second kappa shape index (κ2) is 5.96. The van der Waals surface area contributed by atoms with E-state index < -0.39 is 13.9 Å². The molecule has 0 aromatic heterocycles. The van der Waals surface area contributed by atoms with Gasteiger partial charge in [0.1, 0.15) is 5.75 Å². The molecule has 0 bridgehead atoms. The minimum atomic E-state index is -3.68. The Morgan fingerprint density at radius 1 is 1.35 bits per heavy atom. The van der Waals surface area contributed by atoms with Gasteiger partial charge in [-0.05, 0) is 38.1 Å². The van der Waals surface area contributed by atoms with Crippen molar-refractivity contribution in [3.05, 3.63) is 29.8 Å². The number of benzene rings is 1. The van der Waals surface area contributed by atoms with Crippen molar-refractivity contribution >= 4 is 13.4 Å². The summed E-state index contributed by atoms with van der Waals surface area (Å²) in [5, 5.41) is 0. The summed E-state index contributed by atoms with van der Waals surface area (Å²) in [6.07, 6.45) is -0.403. The zero-order valence-corrected chi connectivity index (χ0v) is 10.6. The predicted molar refractivity (Wildman–Crippen MR) is 63.4 cm³/mol. The van der Waals surface area contributed by atoms with Gasteiger partial charge in [0.2, 0.25) is 0 Å². The van der Waals surface area contributed by atoms with E-state index in [0.29, 0.717) is 11.3 Å². The number of ketones is 1. The lowest BCUT2D eigenvalue weighted by atomic mass is 10.1. The topological polar surface area (TPSA) is 72.8 Å². The summed E-state index contributed by atoms with van der Waals surface area (Å²) in [6.45, 7) is 3.25. The van der Waals surface area contributed by atoms with E-state index in [4.69, 9.17) is 4.74 Å². The highest BCUT2D eigenvalue weighted by Gasteiger charge is 2.19. The molecule has 0 radical (unpaired) electrons. The van der Waals surface area contributed by atoms with Crippen molar-refractivity contribution in [3.8, 4) is 5.75 Å². The van der Waals surface area contributed by atoms with Crippen LogP contribution in [0.25, 0.3) is 0 Å². The van der Waals surface area contributed by atoms with Gasteiger partial charge in [0.15, 0.2) is 12.1 Å². The van der Waals surface area contributed by atoms with Gasteiger partial charge in [-0.15, -0.1) is 0 Å². The van der Waals surface area contributed by atoms with Crippen LogP contribution in [0.5, 0.6) is 5.75 Å². The molecule has 0 aliphatic heterocycles. The zero-order chi connectivity index (χ0) is 12.9. The minimum absolute atomic E-state index is 0.0429. The Morgan fingerprint density at radius 3 is 2.41 bits per heavy atom. The molecule has 0 saturated carbocycles. The van der Waals surface area contributed by atoms with E-state index in [1.54, 1.807) is 31.2 Å².